The Labute approximate surface area is 131 Å². The van der Waals surface area contributed by atoms with E-state index in [4.69, 9.17) is 14.2 Å². The summed E-state index contributed by atoms with van der Waals surface area (Å²) in [7, 11) is 4.52. The maximum Gasteiger partial charge on any atom is 0.271 e. The number of benzene rings is 1. The average molecular weight is 308 g/mol. The summed E-state index contributed by atoms with van der Waals surface area (Å²) in [5, 5.41) is 4.13. The Morgan fingerprint density at radius 2 is 1.73 bits per heavy atom. The van der Waals surface area contributed by atoms with Crippen LogP contribution in [0.15, 0.2) is 17.2 Å². The van der Waals surface area contributed by atoms with E-state index in [-0.39, 0.29) is 5.91 Å². The molecule has 0 aromatic heterocycles. The van der Waals surface area contributed by atoms with Crippen molar-refractivity contribution >= 4 is 11.6 Å². The molecule has 6 heteroatoms. The monoisotopic (exact) mass is 308 g/mol. The fourth-order valence-electron chi connectivity index (χ4n) is 1.82. The maximum atomic E-state index is 12.2. The van der Waals surface area contributed by atoms with Crippen LogP contribution in [0.5, 0.6) is 17.2 Å². The van der Waals surface area contributed by atoms with Crippen LogP contribution in [0.25, 0.3) is 0 Å². The third kappa shape index (κ3) is 4.13. The maximum absolute atomic E-state index is 12.2. The summed E-state index contributed by atoms with van der Waals surface area (Å²) in [6.45, 7) is 6.03. The molecular formula is C16H24N2O4. The summed E-state index contributed by atoms with van der Waals surface area (Å²) < 4.78 is 15.7. The first kappa shape index (κ1) is 17.8. The molecule has 0 unspecified atom stereocenters. The van der Waals surface area contributed by atoms with E-state index in [1.54, 1.807) is 12.1 Å². The molecule has 1 aromatic carbocycles. The first-order valence-electron chi connectivity index (χ1n) is 7.12. The van der Waals surface area contributed by atoms with E-state index in [1.165, 1.54) is 21.3 Å². The number of amides is 1. The lowest BCUT2D eigenvalue weighted by atomic mass is 10.1. The summed E-state index contributed by atoms with van der Waals surface area (Å²) in [6.07, 6.45) is 0.968. The molecule has 0 saturated heterocycles. The number of nitrogens with zero attached hydrogens (tertiary/aromatic N) is 1. The van der Waals surface area contributed by atoms with Crippen LogP contribution in [0.4, 0.5) is 0 Å². The highest BCUT2D eigenvalue weighted by Gasteiger charge is 2.17. The average Bonchev–Trinajstić information content (AvgIpc) is 2.56. The molecular weight excluding hydrogens is 284 g/mol. The molecule has 0 aliphatic carbocycles. The van der Waals surface area contributed by atoms with Crippen molar-refractivity contribution in [1.82, 2.24) is 5.43 Å². The third-order valence-corrected chi connectivity index (χ3v) is 3.59. The van der Waals surface area contributed by atoms with Gasteiger partial charge < -0.3 is 14.2 Å². The zero-order chi connectivity index (χ0) is 16.7. The lowest BCUT2D eigenvalue weighted by molar-refractivity contribution is 0.0953. The van der Waals surface area contributed by atoms with Crippen LogP contribution in [0.1, 0.15) is 37.6 Å². The first-order chi connectivity index (χ1) is 10.5. The van der Waals surface area contributed by atoms with Gasteiger partial charge in [-0.05, 0) is 31.4 Å². The van der Waals surface area contributed by atoms with Crippen LogP contribution in [-0.2, 0) is 0 Å². The van der Waals surface area contributed by atoms with Gasteiger partial charge in [0.15, 0.2) is 11.5 Å². The highest BCUT2D eigenvalue weighted by atomic mass is 16.5. The molecule has 122 valence electrons. The van der Waals surface area contributed by atoms with E-state index in [1.807, 2.05) is 6.92 Å². The molecule has 0 saturated carbocycles. The van der Waals surface area contributed by atoms with E-state index in [0.717, 1.165) is 12.1 Å². The molecule has 1 rings (SSSR count). The Bertz CT molecular complexity index is 530. The van der Waals surface area contributed by atoms with E-state index in [9.17, 15) is 4.79 Å². The second-order valence-electron chi connectivity index (χ2n) is 4.92. The lowest BCUT2D eigenvalue weighted by Gasteiger charge is -2.13. The second kappa shape index (κ2) is 8.26. The minimum absolute atomic E-state index is 0.320. The number of carbonyl (C=O) groups excluding carboxylic acids is 1. The Hall–Kier alpha value is -2.24. The number of hydrogen-bond acceptors (Lipinski definition) is 5. The molecule has 0 heterocycles. The molecule has 0 radical (unpaired) electrons. The third-order valence-electron chi connectivity index (χ3n) is 3.59. The van der Waals surface area contributed by atoms with Crippen molar-refractivity contribution in [2.24, 2.45) is 11.0 Å². The van der Waals surface area contributed by atoms with Crippen LogP contribution >= 0.6 is 0 Å². The number of rotatable bonds is 7. The molecule has 1 aromatic rings. The lowest BCUT2D eigenvalue weighted by Crippen LogP contribution is -2.21. The number of hydrazone groups is 1. The summed E-state index contributed by atoms with van der Waals surface area (Å²) >= 11 is 0. The first-order valence-corrected chi connectivity index (χ1v) is 7.12. The molecule has 22 heavy (non-hydrogen) atoms. The molecule has 0 aliphatic heterocycles. The van der Waals surface area contributed by atoms with Crippen LogP contribution in [0, 0.1) is 5.92 Å². The quantitative estimate of drug-likeness (QED) is 0.621. The topological polar surface area (TPSA) is 69.2 Å². The highest BCUT2D eigenvalue weighted by molar-refractivity contribution is 5.96. The minimum atomic E-state index is -0.332. The van der Waals surface area contributed by atoms with Crippen molar-refractivity contribution in [1.29, 1.82) is 0 Å². The van der Waals surface area contributed by atoms with Crippen LogP contribution in [0.2, 0.25) is 0 Å². The van der Waals surface area contributed by atoms with Gasteiger partial charge in [0.1, 0.15) is 0 Å². The minimum Gasteiger partial charge on any atom is -0.493 e. The number of carbonyl (C=O) groups is 1. The summed E-state index contributed by atoms with van der Waals surface area (Å²) in [5.41, 5.74) is 3.81. The SMILES string of the molecule is CC[C@@H](C)/C(C)=N\NC(=O)c1cc(OC)c(OC)c(OC)c1. The van der Waals surface area contributed by atoms with E-state index in [2.05, 4.69) is 24.4 Å². The molecule has 6 nitrogen and oxygen atoms in total. The van der Waals surface area contributed by atoms with Gasteiger partial charge in [-0.2, -0.15) is 5.10 Å². The van der Waals surface area contributed by atoms with Crippen molar-refractivity contribution in [3.05, 3.63) is 17.7 Å². The van der Waals surface area contributed by atoms with E-state index >= 15 is 0 Å². The Morgan fingerprint density at radius 3 is 2.14 bits per heavy atom. The van der Waals surface area contributed by atoms with E-state index < -0.39 is 0 Å². The largest absolute Gasteiger partial charge is 0.493 e. The molecule has 0 bridgehead atoms. The molecule has 0 spiro atoms. The highest BCUT2D eigenvalue weighted by Crippen LogP contribution is 2.38. The van der Waals surface area contributed by atoms with Gasteiger partial charge in [-0.25, -0.2) is 5.43 Å². The Morgan fingerprint density at radius 1 is 1.18 bits per heavy atom. The number of nitrogens with one attached hydrogen (secondary N) is 1. The van der Waals surface area contributed by atoms with E-state index in [0.29, 0.717) is 28.7 Å². The molecule has 1 amide bonds. The van der Waals surface area contributed by atoms with Gasteiger partial charge in [-0.1, -0.05) is 13.8 Å². The second-order valence-corrected chi connectivity index (χ2v) is 4.92. The van der Waals surface area contributed by atoms with Crippen LogP contribution in [-0.4, -0.2) is 32.9 Å². The van der Waals surface area contributed by atoms with Crippen LogP contribution < -0.4 is 19.6 Å². The molecule has 0 aliphatic rings. The Kier molecular flexibility index (Phi) is 6.69. The summed E-state index contributed by atoms with van der Waals surface area (Å²) in [4.78, 5) is 12.2. The predicted molar refractivity (Wildman–Crippen MR) is 86.1 cm³/mol. The van der Waals surface area contributed by atoms with Gasteiger partial charge in [0.2, 0.25) is 5.75 Å². The van der Waals surface area contributed by atoms with Gasteiger partial charge in [0.25, 0.3) is 5.91 Å². The number of hydrogen-bond donors (Lipinski definition) is 1. The summed E-state index contributed by atoms with van der Waals surface area (Å²) in [5.74, 6) is 1.28. The number of ether oxygens (including phenoxy) is 3. The Balaban J connectivity index is 3.04. The van der Waals surface area contributed by atoms with Gasteiger partial charge in [0.05, 0.1) is 21.3 Å². The normalized spacial score (nSPS) is 12.5. The fraction of sp³-hybridized carbons (Fsp3) is 0.500. The fourth-order valence-corrected chi connectivity index (χ4v) is 1.82. The molecule has 1 atom stereocenters. The van der Waals surface area contributed by atoms with Gasteiger partial charge in [0, 0.05) is 11.3 Å². The van der Waals surface area contributed by atoms with Crippen molar-refractivity contribution in [2.45, 2.75) is 27.2 Å². The molecule has 0 fully saturated rings. The van der Waals surface area contributed by atoms with Crippen molar-refractivity contribution in [3.8, 4) is 17.2 Å². The predicted octanol–water partition coefficient (Wildman–Crippen LogP) is 2.86. The summed E-state index contributed by atoms with van der Waals surface area (Å²) in [6, 6.07) is 3.18. The van der Waals surface area contributed by atoms with Crippen molar-refractivity contribution in [2.75, 3.05) is 21.3 Å². The molecule has 1 N–H and O–H groups in total. The van der Waals surface area contributed by atoms with Gasteiger partial charge >= 0.3 is 0 Å². The van der Waals surface area contributed by atoms with Gasteiger partial charge in [-0.15, -0.1) is 0 Å². The zero-order valence-electron chi connectivity index (χ0n) is 14.0. The smallest absolute Gasteiger partial charge is 0.271 e. The van der Waals surface area contributed by atoms with Crippen molar-refractivity contribution in [3.63, 3.8) is 0 Å². The van der Waals surface area contributed by atoms with Crippen molar-refractivity contribution < 1.29 is 19.0 Å². The van der Waals surface area contributed by atoms with Gasteiger partial charge in [-0.3, -0.25) is 4.79 Å². The number of methoxy groups -OCH3 is 3. The standard InChI is InChI=1S/C16H24N2O4/c1-7-10(2)11(3)17-18-16(19)12-8-13(20-4)15(22-6)14(9-12)21-5/h8-10H,7H2,1-6H3,(H,18,19)/b17-11-/t10-/m1/s1. The van der Waals surface area contributed by atoms with Crippen LogP contribution in [0.3, 0.4) is 0 Å². The zero-order valence-corrected chi connectivity index (χ0v) is 14.0.